The molecule has 5 heteroatoms. The first-order valence-corrected chi connectivity index (χ1v) is 8.31. The zero-order valence-corrected chi connectivity index (χ0v) is 13.0. The van der Waals surface area contributed by atoms with Crippen LogP contribution in [0.25, 0.3) is 0 Å². The highest BCUT2D eigenvalue weighted by Crippen LogP contribution is 2.29. The maximum Gasteiger partial charge on any atom is 0.272 e. The molecule has 1 saturated carbocycles. The summed E-state index contributed by atoms with van der Waals surface area (Å²) in [5.74, 6) is -0.237. The third-order valence-corrected chi connectivity index (χ3v) is 4.86. The van der Waals surface area contributed by atoms with E-state index in [9.17, 15) is 10.1 Å². The second-order valence-corrected chi connectivity index (χ2v) is 6.59. The predicted molar refractivity (Wildman–Crippen MR) is 85.6 cm³/mol. The Balaban J connectivity index is 1.68. The molecule has 3 rings (SSSR count). The monoisotopic (exact) mass is 311 g/mol. The van der Waals surface area contributed by atoms with Crippen LogP contribution in [0.5, 0.6) is 0 Å². The van der Waals surface area contributed by atoms with E-state index in [0.717, 1.165) is 37.1 Å². The number of nitrogens with zero attached hydrogens (tertiary/aromatic N) is 2. The van der Waals surface area contributed by atoms with Crippen molar-refractivity contribution in [2.24, 2.45) is 0 Å². The van der Waals surface area contributed by atoms with E-state index >= 15 is 0 Å². The molecule has 1 N–H and O–H groups in total. The number of hydrogen-bond donors (Lipinski definition) is 1. The van der Waals surface area contributed by atoms with E-state index < -0.39 is 5.54 Å². The standard InChI is InChI=1S/C17H17N3OS/c18-12-17(8-4-5-9-17)20-16(21)14-11-22-15(19-14)10-13-6-2-1-3-7-13/h1-3,6-7,11H,4-5,8-10H2,(H,20,21). The summed E-state index contributed by atoms with van der Waals surface area (Å²) in [7, 11) is 0. The zero-order valence-electron chi connectivity index (χ0n) is 12.2. The molecule has 0 radical (unpaired) electrons. The van der Waals surface area contributed by atoms with Crippen LogP contribution in [-0.2, 0) is 6.42 Å². The normalized spacial score (nSPS) is 16.1. The van der Waals surface area contributed by atoms with Gasteiger partial charge in [0.2, 0.25) is 0 Å². The van der Waals surface area contributed by atoms with E-state index in [2.05, 4.69) is 16.4 Å². The predicted octanol–water partition coefficient (Wildman–Crippen LogP) is 3.30. The average Bonchev–Trinajstić information content (AvgIpc) is 3.18. The van der Waals surface area contributed by atoms with Crippen LogP contribution in [0.2, 0.25) is 0 Å². The third kappa shape index (κ3) is 3.18. The Labute approximate surface area is 133 Å². The number of rotatable bonds is 4. The van der Waals surface area contributed by atoms with Gasteiger partial charge in [-0.25, -0.2) is 4.98 Å². The van der Waals surface area contributed by atoms with Gasteiger partial charge in [-0.05, 0) is 31.2 Å². The van der Waals surface area contributed by atoms with Crippen LogP contribution in [0.15, 0.2) is 35.7 Å². The molecule has 1 aliphatic rings. The summed E-state index contributed by atoms with van der Waals surface area (Å²) in [6, 6.07) is 12.3. The number of amides is 1. The smallest absolute Gasteiger partial charge is 0.272 e. The van der Waals surface area contributed by atoms with Crippen molar-refractivity contribution in [2.75, 3.05) is 0 Å². The molecule has 2 aromatic rings. The number of nitrogens with one attached hydrogen (secondary N) is 1. The molecule has 1 aromatic carbocycles. The molecular formula is C17H17N3OS. The minimum Gasteiger partial charge on any atom is -0.332 e. The number of aromatic nitrogens is 1. The van der Waals surface area contributed by atoms with Crippen LogP contribution in [0.4, 0.5) is 0 Å². The first-order chi connectivity index (χ1) is 10.7. The molecule has 0 bridgehead atoms. The molecule has 1 amide bonds. The Kier molecular flexibility index (Phi) is 4.21. The van der Waals surface area contributed by atoms with E-state index in [-0.39, 0.29) is 5.91 Å². The summed E-state index contributed by atoms with van der Waals surface area (Å²) < 4.78 is 0. The van der Waals surface area contributed by atoms with Crippen LogP contribution in [0, 0.1) is 11.3 Å². The summed E-state index contributed by atoms with van der Waals surface area (Å²) in [6.07, 6.45) is 4.17. The number of nitriles is 1. The van der Waals surface area contributed by atoms with Gasteiger partial charge in [0.25, 0.3) is 5.91 Å². The first kappa shape index (κ1) is 14.7. The van der Waals surface area contributed by atoms with Gasteiger partial charge >= 0.3 is 0 Å². The van der Waals surface area contributed by atoms with Gasteiger partial charge in [-0.1, -0.05) is 30.3 Å². The molecule has 0 saturated heterocycles. The van der Waals surface area contributed by atoms with Crippen molar-refractivity contribution in [1.29, 1.82) is 5.26 Å². The molecule has 0 atom stereocenters. The Morgan fingerprint density at radius 1 is 1.32 bits per heavy atom. The molecule has 1 heterocycles. The van der Waals surface area contributed by atoms with Crippen molar-refractivity contribution >= 4 is 17.2 Å². The molecule has 4 nitrogen and oxygen atoms in total. The first-order valence-electron chi connectivity index (χ1n) is 7.43. The van der Waals surface area contributed by atoms with E-state index in [1.165, 1.54) is 16.9 Å². The van der Waals surface area contributed by atoms with Gasteiger partial charge in [-0.2, -0.15) is 5.26 Å². The third-order valence-electron chi connectivity index (χ3n) is 4.01. The largest absolute Gasteiger partial charge is 0.332 e. The second kappa shape index (κ2) is 6.29. The van der Waals surface area contributed by atoms with Gasteiger partial charge < -0.3 is 5.32 Å². The van der Waals surface area contributed by atoms with Crippen LogP contribution in [0.3, 0.4) is 0 Å². The van der Waals surface area contributed by atoms with Crippen LogP contribution in [0.1, 0.15) is 46.7 Å². The average molecular weight is 311 g/mol. The Bertz CT molecular complexity index is 696. The van der Waals surface area contributed by atoms with E-state index in [1.54, 1.807) is 5.38 Å². The van der Waals surface area contributed by atoms with Crippen molar-refractivity contribution < 1.29 is 4.79 Å². The minimum atomic E-state index is -0.694. The highest BCUT2D eigenvalue weighted by molar-refractivity contribution is 7.09. The molecule has 0 aliphatic heterocycles. The number of carbonyl (C=O) groups excluding carboxylic acids is 1. The van der Waals surface area contributed by atoms with Gasteiger partial charge in [0.15, 0.2) is 0 Å². The van der Waals surface area contributed by atoms with Crippen molar-refractivity contribution in [3.63, 3.8) is 0 Å². The molecule has 1 fully saturated rings. The van der Waals surface area contributed by atoms with Crippen molar-refractivity contribution in [3.8, 4) is 6.07 Å². The fraction of sp³-hybridized carbons (Fsp3) is 0.353. The SMILES string of the molecule is N#CC1(NC(=O)c2csc(Cc3ccccc3)n2)CCCC1. The molecule has 0 spiro atoms. The highest BCUT2D eigenvalue weighted by Gasteiger charge is 2.36. The Hall–Kier alpha value is -2.19. The molecule has 22 heavy (non-hydrogen) atoms. The summed E-state index contributed by atoms with van der Waals surface area (Å²) >= 11 is 1.48. The van der Waals surface area contributed by atoms with Gasteiger partial charge in [0, 0.05) is 11.8 Å². The summed E-state index contributed by atoms with van der Waals surface area (Å²) in [6.45, 7) is 0. The van der Waals surface area contributed by atoms with Crippen molar-refractivity contribution in [2.45, 2.75) is 37.6 Å². The molecule has 1 aromatic heterocycles. The topological polar surface area (TPSA) is 65.8 Å². The van der Waals surface area contributed by atoms with Crippen LogP contribution < -0.4 is 5.32 Å². The number of carbonyl (C=O) groups is 1. The van der Waals surface area contributed by atoms with Crippen molar-refractivity contribution in [3.05, 3.63) is 52.0 Å². The van der Waals surface area contributed by atoms with Crippen LogP contribution >= 0.6 is 11.3 Å². The molecule has 0 unspecified atom stereocenters. The Morgan fingerprint density at radius 3 is 2.73 bits per heavy atom. The van der Waals surface area contributed by atoms with E-state index in [1.807, 2.05) is 30.3 Å². The van der Waals surface area contributed by atoms with Gasteiger partial charge in [-0.15, -0.1) is 11.3 Å². The van der Waals surface area contributed by atoms with Crippen molar-refractivity contribution in [1.82, 2.24) is 10.3 Å². The second-order valence-electron chi connectivity index (χ2n) is 5.64. The lowest BCUT2D eigenvalue weighted by Gasteiger charge is -2.21. The quantitative estimate of drug-likeness (QED) is 0.942. The van der Waals surface area contributed by atoms with E-state index in [0.29, 0.717) is 5.69 Å². The summed E-state index contributed by atoms with van der Waals surface area (Å²) in [5, 5.41) is 14.9. The summed E-state index contributed by atoms with van der Waals surface area (Å²) in [4.78, 5) is 16.7. The maximum atomic E-state index is 12.3. The lowest BCUT2D eigenvalue weighted by molar-refractivity contribution is 0.0916. The Morgan fingerprint density at radius 2 is 2.05 bits per heavy atom. The minimum absolute atomic E-state index is 0.237. The number of benzene rings is 1. The highest BCUT2D eigenvalue weighted by atomic mass is 32.1. The fourth-order valence-electron chi connectivity index (χ4n) is 2.79. The zero-order chi connectivity index (χ0) is 15.4. The van der Waals surface area contributed by atoms with E-state index in [4.69, 9.17) is 0 Å². The number of thiazole rings is 1. The maximum absolute atomic E-state index is 12.3. The van der Waals surface area contributed by atoms with Gasteiger partial charge in [0.05, 0.1) is 11.1 Å². The van der Waals surface area contributed by atoms with Gasteiger partial charge in [-0.3, -0.25) is 4.79 Å². The molecule has 1 aliphatic carbocycles. The summed E-state index contributed by atoms with van der Waals surface area (Å²) in [5.41, 5.74) is 0.894. The number of hydrogen-bond acceptors (Lipinski definition) is 4. The lowest BCUT2D eigenvalue weighted by Crippen LogP contribution is -2.45. The molecule has 112 valence electrons. The molecular weight excluding hydrogens is 294 g/mol. The lowest BCUT2D eigenvalue weighted by atomic mass is 10.00. The fourth-order valence-corrected chi connectivity index (χ4v) is 3.60. The van der Waals surface area contributed by atoms with Crippen LogP contribution in [-0.4, -0.2) is 16.4 Å². The van der Waals surface area contributed by atoms with Gasteiger partial charge in [0.1, 0.15) is 11.2 Å².